The fourth-order valence-electron chi connectivity index (χ4n) is 3.92. The number of aromatic nitrogens is 1. The predicted molar refractivity (Wildman–Crippen MR) is 140 cm³/mol. The van der Waals surface area contributed by atoms with Gasteiger partial charge in [0, 0.05) is 16.6 Å². The third kappa shape index (κ3) is 4.39. The van der Waals surface area contributed by atoms with Gasteiger partial charge in [0.2, 0.25) is 5.89 Å². The van der Waals surface area contributed by atoms with Crippen LogP contribution < -0.4 is 20.1 Å². The maximum absolute atomic E-state index is 12.9. The summed E-state index contributed by atoms with van der Waals surface area (Å²) in [5.41, 5.74) is 3.23. The van der Waals surface area contributed by atoms with Crippen molar-refractivity contribution >= 4 is 50.8 Å². The van der Waals surface area contributed by atoms with Gasteiger partial charge >= 0.3 is 0 Å². The molecule has 0 aliphatic heterocycles. The van der Waals surface area contributed by atoms with Gasteiger partial charge in [0.1, 0.15) is 22.6 Å². The van der Waals surface area contributed by atoms with Crippen molar-refractivity contribution in [1.82, 2.24) is 10.3 Å². The Kier molecular flexibility index (Phi) is 6.03. The van der Waals surface area contributed by atoms with Gasteiger partial charge in [0.15, 0.2) is 10.7 Å². The van der Waals surface area contributed by atoms with E-state index in [1.807, 2.05) is 60.7 Å². The number of thiocarbonyl (C=S) groups is 1. The molecule has 1 heterocycles. The first kappa shape index (κ1) is 22.4. The summed E-state index contributed by atoms with van der Waals surface area (Å²) < 4.78 is 16.6. The number of nitrogens with zero attached hydrogens (tertiary/aromatic N) is 1. The lowest BCUT2D eigenvalue weighted by Gasteiger charge is -2.14. The van der Waals surface area contributed by atoms with Gasteiger partial charge in [-0.1, -0.05) is 42.5 Å². The molecule has 0 bridgehead atoms. The molecule has 0 atom stereocenters. The molecule has 0 radical (unpaired) electrons. The molecule has 2 N–H and O–H groups in total. The van der Waals surface area contributed by atoms with Gasteiger partial charge in [0.25, 0.3) is 5.91 Å². The van der Waals surface area contributed by atoms with E-state index in [-0.39, 0.29) is 10.7 Å². The third-order valence-corrected chi connectivity index (χ3v) is 5.74. The molecule has 0 aliphatic carbocycles. The molecule has 1 amide bonds. The lowest BCUT2D eigenvalue weighted by molar-refractivity contribution is 0.0971. The van der Waals surface area contributed by atoms with Gasteiger partial charge in [-0.05, 0) is 54.0 Å². The third-order valence-electron chi connectivity index (χ3n) is 5.53. The van der Waals surface area contributed by atoms with E-state index in [1.54, 1.807) is 18.2 Å². The molecular weight excluding hydrogens is 462 g/mol. The highest BCUT2D eigenvalue weighted by Crippen LogP contribution is 2.31. The smallest absolute Gasteiger partial charge is 0.264 e. The number of carbonyl (C=O) groups is 1. The molecule has 0 fully saturated rings. The fourth-order valence-corrected chi connectivity index (χ4v) is 4.13. The number of amides is 1. The lowest BCUT2D eigenvalue weighted by Crippen LogP contribution is -2.34. The summed E-state index contributed by atoms with van der Waals surface area (Å²) in [6.07, 6.45) is 0. The van der Waals surface area contributed by atoms with Crippen LogP contribution in [0.2, 0.25) is 0 Å². The van der Waals surface area contributed by atoms with Gasteiger partial charge in [-0.2, -0.15) is 0 Å². The standard InChI is InChI=1S/C27H21N3O4S/c1-32-20-11-6-12-21(33-2)23(20)25(31)30-27(35)28-18-9-5-8-17(15-18)26-29-24-19-10-4-3-7-16(19)13-14-22(24)34-26/h3-15H,1-2H3,(H2,28,30,31,35). The summed E-state index contributed by atoms with van der Waals surface area (Å²) in [4.78, 5) is 17.6. The molecule has 7 nitrogen and oxygen atoms in total. The Labute approximate surface area is 206 Å². The molecule has 0 saturated heterocycles. The summed E-state index contributed by atoms with van der Waals surface area (Å²) in [6.45, 7) is 0. The summed E-state index contributed by atoms with van der Waals surface area (Å²) in [6, 6.07) is 24.6. The van der Waals surface area contributed by atoms with Crippen molar-refractivity contribution in [1.29, 1.82) is 0 Å². The molecule has 5 aromatic rings. The van der Waals surface area contributed by atoms with Crippen molar-refractivity contribution in [2.75, 3.05) is 19.5 Å². The molecule has 174 valence electrons. The van der Waals surface area contributed by atoms with Gasteiger partial charge in [-0.3, -0.25) is 10.1 Å². The Morgan fingerprint density at radius 2 is 1.66 bits per heavy atom. The minimum absolute atomic E-state index is 0.128. The number of fused-ring (bicyclic) bond motifs is 3. The monoisotopic (exact) mass is 483 g/mol. The second-order valence-electron chi connectivity index (χ2n) is 7.68. The first-order valence-corrected chi connectivity index (χ1v) is 11.2. The molecule has 35 heavy (non-hydrogen) atoms. The molecule has 5 rings (SSSR count). The molecule has 0 unspecified atom stereocenters. The van der Waals surface area contributed by atoms with Crippen molar-refractivity contribution in [2.45, 2.75) is 0 Å². The van der Waals surface area contributed by atoms with E-state index in [0.717, 1.165) is 21.9 Å². The summed E-state index contributed by atoms with van der Waals surface area (Å²) in [5.74, 6) is 0.817. The van der Waals surface area contributed by atoms with Crippen LogP contribution in [0.4, 0.5) is 5.69 Å². The quantitative estimate of drug-likeness (QED) is 0.306. The number of nitrogens with one attached hydrogen (secondary N) is 2. The van der Waals surface area contributed by atoms with Crippen LogP contribution in [0.25, 0.3) is 33.3 Å². The minimum Gasteiger partial charge on any atom is -0.496 e. The first-order valence-electron chi connectivity index (χ1n) is 10.8. The van der Waals surface area contributed by atoms with E-state index in [1.165, 1.54) is 14.2 Å². The zero-order chi connectivity index (χ0) is 24.4. The van der Waals surface area contributed by atoms with Crippen molar-refractivity contribution in [3.05, 3.63) is 84.4 Å². The Balaban J connectivity index is 1.37. The summed E-state index contributed by atoms with van der Waals surface area (Å²) in [5, 5.41) is 7.98. The fraction of sp³-hybridized carbons (Fsp3) is 0.0741. The normalized spacial score (nSPS) is 10.8. The van der Waals surface area contributed by atoms with Crippen LogP contribution in [0.1, 0.15) is 10.4 Å². The van der Waals surface area contributed by atoms with Crippen LogP contribution in [0.3, 0.4) is 0 Å². The number of anilines is 1. The highest BCUT2D eigenvalue weighted by Gasteiger charge is 2.19. The summed E-state index contributed by atoms with van der Waals surface area (Å²) in [7, 11) is 2.98. The average Bonchev–Trinajstić information content (AvgIpc) is 3.33. The van der Waals surface area contributed by atoms with E-state index in [2.05, 4.69) is 10.6 Å². The Hall–Kier alpha value is -4.43. The number of benzene rings is 4. The van der Waals surface area contributed by atoms with Crippen LogP contribution in [0.15, 0.2) is 83.3 Å². The highest BCUT2D eigenvalue weighted by atomic mass is 32.1. The Bertz CT molecular complexity index is 1560. The highest BCUT2D eigenvalue weighted by molar-refractivity contribution is 7.80. The van der Waals surface area contributed by atoms with Crippen LogP contribution in [0.5, 0.6) is 11.5 Å². The maximum atomic E-state index is 12.9. The number of methoxy groups -OCH3 is 2. The van der Waals surface area contributed by atoms with Crippen LogP contribution in [-0.2, 0) is 0 Å². The summed E-state index contributed by atoms with van der Waals surface area (Å²) >= 11 is 5.37. The second kappa shape index (κ2) is 9.44. The van der Waals surface area contributed by atoms with Crippen LogP contribution in [-0.4, -0.2) is 30.2 Å². The number of ether oxygens (including phenoxy) is 2. The number of oxazole rings is 1. The van der Waals surface area contributed by atoms with Gasteiger partial charge in [0.05, 0.1) is 14.2 Å². The molecule has 8 heteroatoms. The van der Waals surface area contributed by atoms with Gasteiger partial charge < -0.3 is 19.2 Å². The van der Waals surface area contributed by atoms with Crippen molar-refractivity contribution in [2.24, 2.45) is 0 Å². The van der Waals surface area contributed by atoms with E-state index in [9.17, 15) is 4.79 Å². The largest absolute Gasteiger partial charge is 0.496 e. The predicted octanol–water partition coefficient (Wildman–Crippen LogP) is 5.79. The van der Waals surface area contributed by atoms with Gasteiger partial charge in [-0.15, -0.1) is 0 Å². The molecule has 0 aliphatic rings. The Morgan fingerprint density at radius 3 is 2.43 bits per heavy atom. The molecule has 0 saturated carbocycles. The molecule has 1 aromatic heterocycles. The van der Waals surface area contributed by atoms with Crippen LogP contribution in [0, 0.1) is 0 Å². The molecular formula is C27H21N3O4S. The van der Waals surface area contributed by atoms with Crippen LogP contribution >= 0.6 is 12.2 Å². The zero-order valence-electron chi connectivity index (χ0n) is 19.0. The number of rotatable bonds is 5. The zero-order valence-corrected chi connectivity index (χ0v) is 19.8. The van der Waals surface area contributed by atoms with E-state index in [4.69, 9.17) is 31.1 Å². The van der Waals surface area contributed by atoms with Crippen molar-refractivity contribution < 1.29 is 18.7 Å². The number of hydrogen-bond donors (Lipinski definition) is 2. The van der Waals surface area contributed by atoms with E-state index < -0.39 is 5.91 Å². The maximum Gasteiger partial charge on any atom is 0.264 e. The second-order valence-corrected chi connectivity index (χ2v) is 8.09. The van der Waals surface area contributed by atoms with E-state index >= 15 is 0 Å². The van der Waals surface area contributed by atoms with Crippen molar-refractivity contribution in [3.63, 3.8) is 0 Å². The van der Waals surface area contributed by atoms with Crippen molar-refractivity contribution in [3.8, 4) is 23.0 Å². The van der Waals surface area contributed by atoms with Gasteiger partial charge in [-0.25, -0.2) is 4.98 Å². The SMILES string of the molecule is COc1cccc(OC)c1C(=O)NC(=S)Nc1cccc(-c2nc3c(ccc4ccccc43)o2)c1. The van der Waals surface area contributed by atoms with E-state index in [0.29, 0.717) is 28.7 Å². The Morgan fingerprint density at radius 1 is 0.914 bits per heavy atom. The average molecular weight is 484 g/mol. The first-order chi connectivity index (χ1) is 17.1. The number of carbonyl (C=O) groups excluding carboxylic acids is 1. The number of hydrogen-bond acceptors (Lipinski definition) is 6. The molecule has 0 spiro atoms. The minimum atomic E-state index is -0.446. The topological polar surface area (TPSA) is 85.6 Å². The lowest BCUT2D eigenvalue weighted by atomic mass is 10.1. The molecule has 4 aromatic carbocycles.